The van der Waals surface area contributed by atoms with Gasteiger partial charge in [-0.05, 0) is 18.4 Å². The first-order chi connectivity index (χ1) is 10.3. The Morgan fingerprint density at radius 2 is 1.43 bits per heavy atom. The molecule has 0 aliphatic carbocycles. The van der Waals surface area contributed by atoms with Gasteiger partial charge in [-0.15, -0.1) is 0 Å². The van der Waals surface area contributed by atoms with Crippen LogP contribution in [-0.4, -0.2) is 5.78 Å². The highest BCUT2D eigenvalue weighted by Gasteiger charge is 2.13. The molecule has 0 fully saturated rings. The summed E-state index contributed by atoms with van der Waals surface area (Å²) in [5.74, 6) is 0.110. The summed E-state index contributed by atoms with van der Waals surface area (Å²) in [6, 6.07) is 19.5. The summed E-state index contributed by atoms with van der Waals surface area (Å²) in [4.78, 5) is 12.7. The van der Waals surface area contributed by atoms with Gasteiger partial charge >= 0.3 is 0 Å². The molecule has 0 aliphatic rings. The Balaban J connectivity index is 2.26. The van der Waals surface area contributed by atoms with E-state index >= 15 is 0 Å². The molecule has 0 spiro atoms. The molecule has 0 saturated carbocycles. The second-order valence-corrected chi connectivity index (χ2v) is 5.17. The van der Waals surface area contributed by atoms with Crippen LogP contribution in [-0.2, 0) is 0 Å². The number of rotatable bonds is 7. The third-order valence-corrected chi connectivity index (χ3v) is 3.52. The van der Waals surface area contributed by atoms with Gasteiger partial charge in [-0.1, -0.05) is 86.5 Å². The maximum atomic E-state index is 12.7. The van der Waals surface area contributed by atoms with E-state index in [-0.39, 0.29) is 5.78 Å². The van der Waals surface area contributed by atoms with E-state index in [1.165, 1.54) is 12.8 Å². The van der Waals surface area contributed by atoms with Crippen LogP contribution < -0.4 is 0 Å². The molecule has 1 nitrogen and oxygen atoms in total. The number of unbranched alkanes of at least 4 members (excludes halogenated alkanes) is 3. The van der Waals surface area contributed by atoms with Gasteiger partial charge in [-0.3, -0.25) is 4.79 Å². The summed E-state index contributed by atoms with van der Waals surface area (Å²) < 4.78 is 0. The zero-order valence-corrected chi connectivity index (χ0v) is 12.6. The molecule has 108 valence electrons. The lowest BCUT2D eigenvalue weighted by Gasteiger charge is -2.08. The van der Waals surface area contributed by atoms with Crippen molar-refractivity contribution in [2.24, 2.45) is 0 Å². The predicted octanol–water partition coefficient (Wildman–Crippen LogP) is 5.53. The molecule has 1 heteroatoms. The van der Waals surface area contributed by atoms with Crippen molar-refractivity contribution in [1.82, 2.24) is 0 Å². The van der Waals surface area contributed by atoms with Gasteiger partial charge in [-0.2, -0.15) is 0 Å². The molecular formula is C20H22O. The first kappa shape index (κ1) is 15.2. The first-order valence-corrected chi connectivity index (χ1v) is 7.68. The fourth-order valence-corrected chi connectivity index (χ4v) is 2.35. The van der Waals surface area contributed by atoms with E-state index in [0.717, 1.165) is 29.5 Å². The Hall–Kier alpha value is -2.15. The summed E-state index contributed by atoms with van der Waals surface area (Å²) in [5, 5.41) is 0. The summed E-state index contributed by atoms with van der Waals surface area (Å²) in [7, 11) is 0. The van der Waals surface area contributed by atoms with Crippen LogP contribution in [0, 0.1) is 0 Å². The zero-order chi connectivity index (χ0) is 14.9. The van der Waals surface area contributed by atoms with Gasteiger partial charge in [0.15, 0.2) is 5.78 Å². The van der Waals surface area contributed by atoms with Crippen molar-refractivity contribution >= 4 is 11.4 Å². The molecule has 0 saturated heterocycles. The number of carbonyl (C=O) groups is 1. The highest BCUT2D eigenvalue weighted by atomic mass is 16.1. The number of allylic oxidation sites excluding steroid dienone is 2. The molecule has 0 unspecified atom stereocenters. The lowest BCUT2D eigenvalue weighted by Crippen LogP contribution is -2.02. The van der Waals surface area contributed by atoms with Crippen LogP contribution in [0.2, 0.25) is 0 Å². The van der Waals surface area contributed by atoms with Gasteiger partial charge in [0.1, 0.15) is 0 Å². The van der Waals surface area contributed by atoms with Crippen molar-refractivity contribution in [2.45, 2.75) is 32.6 Å². The van der Waals surface area contributed by atoms with Gasteiger partial charge in [-0.25, -0.2) is 0 Å². The van der Waals surface area contributed by atoms with Crippen molar-refractivity contribution in [3.8, 4) is 0 Å². The van der Waals surface area contributed by atoms with Crippen molar-refractivity contribution in [2.75, 3.05) is 0 Å². The molecule has 2 rings (SSSR count). The fourth-order valence-electron chi connectivity index (χ4n) is 2.35. The predicted molar refractivity (Wildman–Crippen MR) is 89.3 cm³/mol. The Morgan fingerprint density at radius 3 is 2.00 bits per heavy atom. The molecule has 0 heterocycles. The zero-order valence-electron chi connectivity index (χ0n) is 12.6. The number of benzene rings is 2. The molecule has 0 aliphatic heterocycles. The summed E-state index contributed by atoms with van der Waals surface area (Å²) in [6.07, 6.45) is 6.59. The molecule has 0 amide bonds. The van der Waals surface area contributed by atoms with E-state index in [1.54, 1.807) is 0 Å². The highest BCUT2D eigenvalue weighted by molar-refractivity contribution is 6.28. The normalized spacial score (nSPS) is 11.4. The quantitative estimate of drug-likeness (QED) is 0.369. The van der Waals surface area contributed by atoms with Crippen molar-refractivity contribution in [1.29, 1.82) is 0 Å². The number of hydrogen-bond donors (Lipinski definition) is 0. The van der Waals surface area contributed by atoms with Crippen molar-refractivity contribution in [3.05, 3.63) is 77.9 Å². The maximum Gasteiger partial charge on any atom is 0.193 e. The third-order valence-electron chi connectivity index (χ3n) is 3.52. The van der Waals surface area contributed by atoms with Gasteiger partial charge in [0.2, 0.25) is 0 Å². The topological polar surface area (TPSA) is 17.1 Å². The Kier molecular flexibility index (Phi) is 5.96. The lowest BCUT2D eigenvalue weighted by molar-refractivity contribution is 0.105. The minimum atomic E-state index is 0.110. The van der Waals surface area contributed by atoms with Crippen LogP contribution in [0.15, 0.2) is 66.7 Å². The molecule has 0 N–H and O–H groups in total. The lowest BCUT2D eigenvalue weighted by atomic mass is 9.95. The van der Waals surface area contributed by atoms with Gasteiger partial charge in [0, 0.05) is 11.1 Å². The molecule has 0 radical (unpaired) electrons. The summed E-state index contributed by atoms with van der Waals surface area (Å²) >= 11 is 0. The van der Waals surface area contributed by atoms with E-state index in [2.05, 4.69) is 13.0 Å². The standard InChI is InChI=1S/C20H22O/c1-2-3-4-11-16-19(17-12-7-5-8-13-17)20(21)18-14-9-6-10-15-18/h5-10,12-16H,2-4,11H2,1H3/b19-16+. The maximum absolute atomic E-state index is 12.7. The molecule has 2 aromatic carbocycles. The van der Waals surface area contributed by atoms with E-state index in [1.807, 2.05) is 60.7 Å². The molecular weight excluding hydrogens is 256 g/mol. The number of Topliss-reactive ketones (excluding diaryl/α,β-unsaturated/α-hetero) is 1. The number of carbonyl (C=O) groups excluding carboxylic acids is 1. The number of hydrogen-bond acceptors (Lipinski definition) is 1. The van der Waals surface area contributed by atoms with Gasteiger partial charge in [0.05, 0.1) is 0 Å². The van der Waals surface area contributed by atoms with Crippen LogP contribution in [0.5, 0.6) is 0 Å². The SMILES string of the molecule is CCCCC/C=C(/C(=O)c1ccccc1)c1ccccc1. The van der Waals surface area contributed by atoms with E-state index in [0.29, 0.717) is 0 Å². The number of ketones is 1. The summed E-state index contributed by atoms with van der Waals surface area (Å²) in [6.45, 7) is 2.19. The molecule has 0 bridgehead atoms. The second-order valence-electron chi connectivity index (χ2n) is 5.17. The van der Waals surface area contributed by atoms with Crippen molar-refractivity contribution < 1.29 is 4.79 Å². The Bertz CT molecular complexity index is 582. The van der Waals surface area contributed by atoms with Crippen LogP contribution >= 0.6 is 0 Å². The monoisotopic (exact) mass is 278 g/mol. The highest BCUT2D eigenvalue weighted by Crippen LogP contribution is 2.21. The Morgan fingerprint density at radius 1 is 0.857 bits per heavy atom. The van der Waals surface area contributed by atoms with Crippen LogP contribution in [0.4, 0.5) is 0 Å². The van der Waals surface area contributed by atoms with Crippen LogP contribution in [0.25, 0.3) is 5.57 Å². The second kappa shape index (κ2) is 8.21. The first-order valence-electron chi connectivity index (χ1n) is 7.68. The minimum Gasteiger partial charge on any atom is -0.289 e. The minimum absolute atomic E-state index is 0.110. The largest absolute Gasteiger partial charge is 0.289 e. The molecule has 2 aromatic rings. The third kappa shape index (κ3) is 4.42. The van der Waals surface area contributed by atoms with Crippen LogP contribution in [0.1, 0.15) is 48.5 Å². The fraction of sp³-hybridized carbons (Fsp3) is 0.250. The van der Waals surface area contributed by atoms with E-state index in [4.69, 9.17) is 0 Å². The molecule has 21 heavy (non-hydrogen) atoms. The molecule has 0 aromatic heterocycles. The summed E-state index contributed by atoms with van der Waals surface area (Å²) in [5.41, 5.74) is 2.57. The van der Waals surface area contributed by atoms with Crippen LogP contribution in [0.3, 0.4) is 0 Å². The Labute approximate surface area is 127 Å². The van der Waals surface area contributed by atoms with Gasteiger partial charge < -0.3 is 0 Å². The van der Waals surface area contributed by atoms with Gasteiger partial charge in [0.25, 0.3) is 0 Å². The van der Waals surface area contributed by atoms with E-state index in [9.17, 15) is 4.79 Å². The molecule has 0 atom stereocenters. The average Bonchev–Trinajstić information content (AvgIpc) is 2.56. The average molecular weight is 278 g/mol. The van der Waals surface area contributed by atoms with Crippen molar-refractivity contribution in [3.63, 3.8) is 0 Å². The van der Waals surface area contributed by atoms with E-state index < -0.39 is 0 Å². The smallest absolute Gasteiger partial charge is 0.193 e.